The summed E-state index contributed by atoms with van der Waals surface area (Å²) in [5, 5.41) is 8.85. The number of piperidine rings is 1. The van der Waals surface area contributed by atoms with Crippen LogP contribution < -0.4 is 4.90 Å². The van der Waals surface area contributed by atoms with Crippen LogP contribution in [-0.4, -0.2) is 78.2 Å². The number of hydrogen-bond donors (Lipinski definition) is 1. The predicted octanol–water partition coefficient (Wildman–Crippen LogP) is 1.39. The van der Waals surface area contributed by atoms with E-state index in [9.17, 15) is 4.79 Å². The molecule has 0 aliphatic carbocycles. The molecule has 2 fully saturated rings. The number of aliphatic carboxylic acids is 1. The second kappa shape index (κ2) is 8.44. The Bertz CT molecular complexity index is 517. The highest BCUT2D eigenvalue weighted by molar-refractivity contribution is 5.66. The molecule has 1 aromatic rings. The number of carboxylic acids is 1. The van der Waals surface area contributed by atoms with Crippen LogP contribution in [0.25, 0.3) is 0 Å². The average Bonchev–Trinajstić information content (AvgIpc) is 2.62. The van der Waals surface area contributed by atoms with Gasteiger partial charge in [0.15, 0.2) is 0 Å². The fourth-order valence-corrected chi connectivity index (χ4v) is 3.82. The van der Waals surface area contributed by atoms with Crippen LogP contribution >= 0.6 is 0 Å². The monoisotopic (exact) mass is 332 g/mol. The van der Waals surface area contributed by atoms with E-state index in [1.54, 1.807) is 0 Å². The summed E-state index contributed by atoms with van der Waals surface area (Å²) < 4.78 is 0. The predicted molar refractivity (Wildman–Crippen MR) is 94.3 cm³/mol. The van der Waals surface area contributed by atoms with Crippen LogP contribution in [0.4, 0.5) is 5.82 Å². The SMILES string of the molecule is O=C(O)CCN1CCC[C@@H](CN2CCN(c3ccccn3)CC2)C1. The first kappa shape index (κ1) is 17.2. The van der Waals surface area contributed by atoms with Gasteiger partial charge < -0.3 is 14.9 Å². The van der Waals surface area contributed by atoms with Crippen LogP contribution in [0.2, 0.25) is 0 Å². The van der Waals surface area contributed by atoms with E-state index in [-0.39, 0.29) is 6.42 Å². The van der Waals surface area contributed by atoms with Crippen LogP contribution in [0.3, 0.4) is 0 Å². The fraction of sp³-hybridized carbons (Fsp3) is 0.667. The molecule has 0 bridgehead atoms. The molecule has 3 rings (SSSR count). The van der Waals surface area contributed by atoms with E-state index < -0.39 is 5.97 Å². The van der Waals surface area contributed by atoms with E-state index in [4.69, 9.17) is 5.11 Å². The molecular weight excluding hydrogens is 304 g/mol. The van der Waals surface area contributed by atoms with Crippen molar-refractivity contribution in [2.24, 2.45) is 5.92 Å². The molecule has 1 atom stereocenters. The number of hydrogen-bond acceptors (Lipinski definition) is 5. The van der Waals surface area contributed by atoms with Crippen molar-refractivity contribution in [2.75, 3.05) is 57.3 Å². The summed E-state index contributed by atoms with van der Waals surface area (Å²) in [7, 11) is 0. The summed E-state index contributed by atoms with van der Waals surface area (Å²) in [6.07, 6.45) is 4.58. The Labute approximate surface area is 144 Å². The summed E-state index contributed by atoms with van der Waals surface area (Å²) in [4.78, 5) is 22.4. The van der Waals surface area contributed by atoms with Gasteiger partial charge in [0.25, 0.3) is 0 Å². The van der Waals surface area contributed by atoms with Gasteiger partial charge in [0.2, 0.25) is 0 Å². The topological polar surface area (TPSA) is 59.9 Å². The molecule has 3 heterocycles. The van der Waals surface area contributed by atoms with Crippen LogP contribution in [-0.2, 0) is 4.79 Å². The van der Waals surface area contributed by atoms with Gasteiger partial charge in [-0.05, 0) is 37.4 Å². The van der Waals surface area contributed by atoms with E-state index in [0.29, 0.717) is 12.5 Å². The molecule has 1 N–H and O–H groups in total. The molecule has 0 spiro atoms. The number of likely N-dealkylation sites (tertiary alicyclic amines) is 1. The van der Waals surface area contributed by atoms with Gasteiger partial charge in [-0.2, -0.15) is 0 Å². The maximum Gasteiger partial charge on any atom is 0.304 e. The number of pyridine rings is 1. The Balaban J connectivity index is 1.41. The zero-order valence-electron chi connectivity index (χ0n) is 14.3. The molecule has 0 radical (unpaired) electrons. The first-order chi connectivity index (χ1) is 11.7. The molecule has 24 heavy (non-hydrogen) atoms. The van der Waals surface area contributed by atoms with Crippen molar-refractivity contribution >= 4 is 11.8 Å². The number of aromatic nitrogens is 1. The molecular formula is C18H28N4O2. The molecule has 6 heteroatoms. The normalized spacial score (nSPS) is 23.3. The molecule has 2 aliphatic rings. The summed E-state index contributed by atoms with van der Waals surface area (Å²) in [6, 6.07) is 6.08. The Kier molecular flexibility index (Phi) is 6.04. The van der Waals surface area contributed by atoms with Crippen LogP contribution in [0.5, 0.6) is 0 Å². The van der Waals surface area contributed by atoms with Crippen molar-refractivity contribution in [3.05, 3.63) is 24.4 Å². The number of carbonyl (C=O) groups is 1. The van der Waals surface area contributed by atoms with Gasteiger partial charge in [0.1, 0.15) is 5.82 Å². The van der Waals surface area contributed by atoms with Gasteiger partial charge in [-0.25, -0.2) is 4.98 Å². The standard InChI is InChI=1S/C18H28N4O2/c23-18(24)6-9-20-8-3-4-16(14-20)15-21-10-12-22(13-11-21)17-5-1-2-7-19-17/h1-2,5,7,16H,3-4,6,8-15H2,(H,23,24)/t16-/m1/s1. The molecule has 0 saturated carbocycles. The summed E-state index contributed by atoms with van der Waals surface area (Å²) in [5.74, 6) is 1.06. The molecule has 2 aliphatic heterocycles. The number of carboxylic acid groups (broad SMARTS) is 1. The summed E-state index contributed by atoms with van der Waals surface area (Å²) >= 11 is 0. The van der Waals surface area contributed by atoms with Crippen molar-refractivity contribution in [1.29, 1.82) is 0 Å². The highest BCUT2D eigenvalue weighted by Gasteiger charge is 2.24. The second-order valence-electron chi connectivity index (χ2n) is 6.93. The third-order valence-electron chi connectivity index (χ3n) is 5.11. The van der Waals surface area contributed by atoms with Crippen LogP contribution in [0.1, 0.15) is 19.3 Å². The van der Waals surface area contributed by atoms with Crippen molar-refractivity contribution in [2.45, 2.75) is 19.3 Å². The third kappa shape index (κ3) is 4.92. The number of anilines is 1. The number of nitrogens with zero attached hydrogens (tertiary/aromatic N) is 4. The lowest BCUT2D eigenvalue weighted by atomic mass is 9.97. The van der Waals surface area contributed by atoms with Crippen LogP contribution in [0.15, 0.2) is 24.4 Å². The lowest BCUT2D eigenvalue weighted by Crippen LogP contribution is -2.50. The summed E-state index contributed by atoms with van der Waals surface area (Å²) in [6.45, 7) is 8.17. The molecule has 0 amide bonds. The molecule has 2 saturated heterocycles. The van der Waals surface area contributed by atoms with E-state index in [0.717, 1.165) is 51.6 Å². The second-order valence-corrected chi connectivity index (χ2v) is 6.93. The van der Waals surface area contributed by atoms with E-state index >= 15 is 0 Å². The van der Waals surface area contributed by atoms with E-state index in [1.165, 1.54) is 12.8 Å². The first-order valence-corrected chi connectivity index (χ1v) is 9.03. The van der Waals surface area contributed by atoms with Gasteiger partial charge in [0, 0.05) is 52.0 Å². The number of piperazine rings is 1. The first-order valence-electron chi connectivity index (χ1n) is 9.03. The highest BCUT2D eigenvalue weighted by Crippen LogP contribution is 2.19. The fourth-order valence-electron chi connectivity index (χ4n) is 3.82. The van der Waals surface area contributed by atoms with Gasteiger partial charge in [0.05, 0.1) is 6.42 Å². The minimum Gasteiger partial charge on any atom is -0.481 e. The zero-order valence-corrected chi connectivity index (χ0v) is 14.3. The van der Waals surface area contributed by atoms with Gasteiger partial charge in [-0.3, -0.25) is 9.69 Å². The largest absolute Gasteiger partial charge is 0.481 e. The van der Waals surface area contributed by atoms with Gasteiger partial charge >= 0.3 is 5.97 Å². The average molecular weight is 332 g/mol. The third-order valence-corrected chi connectivity index (χ3v) is 5.11. The number of rotatable bonds is 6. The molecule has 132 valence electrons. The molecule has 0 aromatic carbocycles. The van der Waals surface area contributed by atoms with Crippen molar-refractivity contribution in [3.63, 3.8) is 0 Å². The lowest BCUT2D eigenvalue weighted by molar-refractivity contribution is -0.137. The molecule has 1 aromatic heterocycles. The highest BCUT2D eigenvalue weighted by atomic mass is 16.4. The quantitative estimate of drug-likeness (QED) is 0.849. The lowest BCUT2D eigenvalue weighted by Gasteiger charge is -2.39. The van der Waals surface area contributed by atoms with E-state index in [2.05, 4.69) is 25.8 Å². The smallest absolute Gasteiger partial charge is 0.304 e. The Morgan fingerprint density at radius 3 is 2.71 bits per heavy atom. The Morgan fingerprint density at radius 2 is 2.00 bits per heavy atom. The minimum absolute atomic E-state index is 0.259. The van der Waals surface area contributed by atoms with E-state index in [1.807, 2.05) is 18.3 Å². The van der Waals surface area contributed by atoms with Crippen LogP contribution in [0, 0.1) is 5.92 Å². The molecule has 0 unspecified atom stereocenters. The van der Waals surface area contributed by atoms with Crippen molar-refractivity contribution < 1.29 is 9.90 Å². The maximum atomic E-state index is 10.7. The van der Waals surface area contributed by atoms with Crippen molar-refractivity contribution in [3.8, 4) is 0 Å². The van der Waals surface area contributed by atoms with Crippen molar-refractivity contribution in [1.82, 2.24) is 14.8 Å². The summed E-state index contributed by atoms with van der Waals surface area (Å²) in [5.41, 5.74) is 0. The minimum atomic E-state index is -0.692. The Morgan fingerprint density at radius 1 is 1.17 bits per heavy atom. The molecule has 6 nitrogen and oxygen atoms in total. The zero-order chi connectivity index (χ0) is 16.8. The Hall–Kier alpha value is -1.66. The van der Waals surface area contributed by atoms with Gasteiger partial charge in [-0.15, -0.1) is 0 Å². The maximum absolute atomic E-state index is 10.7. The van der Waals surface area contributed by atoms with Gasteiger partial charge in [-0.1, -0.05) is 6.07 Å².